The van der Waals surface area contributed by atoms with Gasteiger partial charge in [-0.1, -0.05) is 36.4 Å². The van der Waals surface area contributed by atoms with Crippen LogP contribution in [-0.4, -0.2) is 49.9 Å². The second-order valence-electron chi connectivity index (χ2n) is 18.5. The zero-order valence-corrected chi connectivity index (χ0v) is 36.5. The van der Waals surface area contributed by atoms with Crippen molar-refractivity contribution in [1.29, 1.82) is 0 Å². The van der Waals surface area contributed by atoms with Crippen LogP contribution in [0.3, 0.4) is 0 Å². The number of carbonyl (C=O) groups is 3. The molecule has 2 aromatic rings. The molecule has 1 aliphatic heterocycles. The second kappa shape index (κ2) is 19.1. The third kappa shape index (κ3) is 10.7. The largest absolute Gasteiger partial charge is 0.490 e. The molecule has 0 radical (unpaired) electrons. The highest BCUT2D eigenvalue weighted by atomic mass is 16.7. The first-order chi connectivity index (χ1) is 27.6. The van der Waals surface area contributed by atoms with Gasteiger partial charge in [0.05, 0.1) is 24.9 Å². The van der Waals surface area contributed by atoms with Crippen LogP contribution in [0.4, 0.5) is 0 Å². The molecule has 8 nitrogen and oxygen atoms in total. The number of aryl methyl sites for hydroxylation is 2. The highest BCUT2D eigenvalue weighted by Crippen LogP contribution is 2.44. The summed E-state index contributed by atoms with van der Waals surface area (Å²) in [5, 5.41) is 0. The van der Waals surface area contributed by atoms with Gasteiger partial charge in [0.15, 0.2) is 0 Å². The van der Waals surface area contributed by atoms with Crippen molar-refractivity contribution in [3.05, 3.63) is 86.9 Å². The van der Waals surface area contributed by atoms with Gasteiger partial charge in [0.25, 0.3) is 0 Å². The zero-order chi connectivity index (χ0) is 41.6. The van der Waals surface area contributed by atoms with E-state index in [1.807, 2.05) is 20.8 Å². The van der Waals surface area contributed by atoms with Crippen molar-refractivity contribution in [3.63, 3.8) is 0 Å². The minimum atomic E-state index is -0.617. The molecule has 2 aromatic carbocycles. The lowest BCUT2D eigenvalue weighted by molar-refractivity contribution is -0.147. The van der Waals surface area contributed by atoms with Gasteiger partial charge < -0.3 is 23.5 Å². The normalized spacial score (nSPS) is 25.8. The van der Waals surface area contributed by atoms with Crippen LogP contribution in [0.15, 0.2) is 48.0 Å². The van der Waals surface area contributed by atoms with E-state index in [-0.39, 0.29) is 43.0 Å². The zero-order valence-electron chi connectivity index (χ0n) is 36.5. The smallest absolute Gasteiger partial charge is 0.469 e. The van der Waals surface area contributed by atoms with Gasteiger partial charge in [-0.3, -0.25) is 14.4 Å². The molecular formula is C49H67BO8. The summed E-state index contributed by atoms with van der Waals surface area (Å²) in [5.74, 6) is 1.06. The maximum Gasteiger partial charge on any atom is 0.490 e. The standard InChI is InChI=1S/C49H67BO8/c1-32-10-9-11-43(34(32)3)40-18-12-37(13-19-40)30-47(53)56-31-39-26-33(2)35(4)44(27-39)41-20-14-36(15-21-41)29-46(52)55-25-24-49(7)48(5,6)57-50(58-49)42-22-16-38(17-23-42)28-45(51)54-8/h9-11,20,22,26-27,36-38,40H,12-19,21,23-25,28-31H2,1-8H3. The Hall–Kier alpha value is -3.69. The maximum absolute atomic E-state index is 13.0. The van der Waals surface area contributed by atoms with Crippen LogP contribution < -0.4 is 0 Å². The Labute approximate surface area is 348 Å². The van der Waals surface area contributed by atoms with Crippen LogP contribution in [0.5, 0.6) is 0 Å². The molecule has 0 spiro atoms. The van der Waals surface area contributed by atoms with Crippen LogP contribution in [0.25, 0.3) is 5.57 Å². The average molecular weight is 795 g/mol. The molecule has 314 valence electrons. The fourth-order valence-electron chi connectivity index (χ4n) is 9.61. The summed E-state index contributed by atoms with van der Waals surface area (Å²) in [6.45, 7) is 15.4. The molecule has 0 amide bonds. The molecule has 3 unspecified atom stereocenters. The van der Waals surface area contributed by atoms with Gasteiger partial charge in [0, 0.05) is 25.7 Å². The summed E-state index contributed by atoms with van der Waals surface area (Å²) in [6, 6.07) is 11.0. The molecule has 1 saturated heterocycles. The van der Waals surface area contributed by atoms with Crippen molar-refractivity contribution in [2.75, 3.05) is 13.7 Å². The fraction of sp³-hybridized carbons (Fsp3) is 0.612. The Morgan fingerprint density at radius 3 is 2.09 bits per heavy atom. The number of hydrogen-bond acceptors (Lipinski definition) is 8. The number of rotatable bonds is 14. The third-order valence-electron chi connectivity index (χ3n) is 14.3. The van der Waals surface area contributed by atoms with Crippen LogP contribution in [0, 0.1) is 45.4 Å². The lowest BCUT2D eigenvalue weighted by Gasteiger charge is -2.36. The van der Waals surface area contributed by atoms with Crippen molar-refractivity contribution in [2.24, 2.45) is 17.8 Å². The summed E-state index contributed by atoms with van der Waals surface area (Å²) >= 11 is 0. The van der Waals surface area contributed by atoms with Crippen LogP contribution >= 0.6 is 0 Å². The van der Waals surface area contributed by atoms with Gasteiger partial charge in [-0.15, -0.1) is 0 Å². The molecule has 9 heteroatoms. The van der Waals surface area contributed by atoms with E-state index in [0.29, 0.717) is 37.5 Å². The van der Waals surface area contributed by atoms with E-state index in [4.69, 9.17) is 23.5 Å². The van der Waals surface area contributed by atoms with E-state index in [9.17, 15) is 14.4 Å². The van der Waals surface area contributed by atoms with E-state index in [1.165, 1.54) is 46.1 Å². The van der Waals surface area contributed by atoms with Crippen LogP contribution in [0.2, 0.25) is 0 Å². The molecule has 0 aromatic heterocycles. The summed E-state index contributed by atoms with van der Waals surface area (Å²) in [7, 11) is 0.997. The second-order valence-corrected chi connectivity index (χ2v) is 18.5. The lowest BCUT2D eigenvalue weighted by atomic mass is 9.70. The van der Waals surface area contributed by atoms with E-state index in [2.05, 4.69) is 70.2 Å². The molecule has 0 bridgehead atoms. The first-order valence-electron chi connectivity index (χ1n) is 21.9. The number of esters is 3. The number of allylic oxidation sites excluding steroid dienone is 4. The monoisotopic (exact) mass is 794 g/mol. The van der Waals surface area contributed by atoms with Gasteiger partial charge in [-0.25, -0.2) is 0 Å². The summed E-state index contributed by atoms with van der Waals surface area (Å²) in [5.41, 5.74) is 10.2. The Kier molecular flexibility index (Phi) is 14.5. The van der Waals surface area contributed by atoms with Crippen molar-refractivity contribution in [1.82, 2.24) is 0 Å². The van der Waals surface area contributed by atoms with Gasteiger partial charge in [0.1, 0.15) is 6.61 Å². The lowest BCUT2D eigenvalue weighted by Crippen LogP contribution is -2.45. The minimum Gasteiger partial charge on any atom is -0.469 e. The Balaban J connectivity index is 0.930. The van der Waals surface area contributed by atoms with Crippen molar-refractivity contribution < 1.29 is 37.9 Å². The van der Waals surface area contributed by atoms with Crippen molar-refractivity contribution in [3.8, 4) is 0 Å². The molecular weight excluding hydrogens is 727 g/mol. The molecule has 2 fully saturated rings. The molecule has 4 aliphatic rings. The Morgan fingerprint density at radius 1 is 0.741 bits per heavy atom. The van der Waals surface area contributed by atoms with Crippen molar-refractivity contribution in [2.45, 2.75) is 162 Å². The highest BCUT2D eigenvalue weighted by Gasteiger charge is 2.55. The van der Waals surface area contributed by atoms with Gasteiger partial charge in [0.2, 0.25) is 0 Å². The predicted molar refractivity (Wildman–Crippen MR) is 229 cm³/mol. The van der Waals surface area contributed by atoms with Gasteiger partial charge >= 0.3 is 25.0 Å². The molecule has 3 aliphatic carbocycles. The summed E-state index contributed by atoms with van der Waals surface area (Å²) < 4.78 is 29.4. The highest BCUT2D eigenvalue weighted by molar-refractivity contribution is 6.54. The number of carbonyl (C=O) groups excluding carboxylic acids is 3. The SMILES string of the molecule is COC(=O)CC1CC=C(B2OC(C)(C)C(C)(CCOC(=O)CC3CC=C(c4cc(COC(=O)CC5CCC(c6cccc(C)c6C)CC5)cc(C)c4C)CC3)O2)CC1. The molecule has 58 heavy (non-hydrogen) atoms. The Bertz CT molecular complexity index is 1870. The quantitative estimate of drug-likeness (QED) is 0.106. The summed E-state index contributed by atoms with van der Waals surface area (Å²) in [4.78, 5) is 37.7. The fourth-order valence-corrected chi connectivity index (χ4v) is 9.61. The van der Waals surface area contributed by atoms with E-state index >= 15 is 0 Å². The van der Waals surface area contributed by atoms with E-state index in [1.54, 1.807) is 0 Å². The van der Waals surface area contributed by atoms with Gasteiger partial charge in [-0.05, 0) is 192 Å². The van der Waals surface area contributed by atoms with Crippen LogP contribution in [-0.2, 0) is 44.5 Å². The van der Waals surface area contributed by atoms with Crippen LogP contribution in [0.1, 0.15) is 156 Å². The van der Waals surface area contributed by atoms with Gasteiger partial charge in [-0.2, -0.15) is 0 Å². The number of benzene rings is 2. The number of ether oxygens (including phenoxy) is 3. The molecule has 1 saturated carbocycles. The molecule has 1 heterocycles. The first-order valence-corrected chi connectivity index (χ1v) is 21.9. The van der Waals surface area contributed by atoms with Crippen molar-refractivity contribution >= 4 is 30.6 Å². The molecule has 3 atom stereocenters. The maximum atomic E-state index is 13.0. The predicted octanol–water partition coefficient (Wildman–Crippen LogP) is 10.7. The summed E-state index contributed by atoms with van der Waals surface area (Å²) in [6.07, 6.45) is 15.9. The number of hydrogen-bond donors (Lipinski definition) is 0. The topological polar surface area (TPSA) is 97.4 Å². The van der Waals surface area contributed by atoms with E-state index < -0.39 is 18.3 Å². The van der Waals surface area contributed by atoms with E-state index in [0.717, 1.165) is 75.2 Å². The first kappa shape index (κ1) is 43.9. The molecule has 0 N–H and O–H groups in total. The number of methoxy groups -OCH3 is 1. The molecule has 6 rings (SSSR count). The third-order valence-corrected chi connectivity index (χ3v) is 14.3. The minimum absolute atomic E-state index is 0.0995. The average Bonchev–Trinajstić information content (AvgIpc) is 3.44. The Morgan fingerprint density at radius 2 is 1.41 bits per heavy atom.